The predicted octanol–water partition coefficient (Wildman–Crippen LogP) is -0.700. The van der Waals surface area contributed by atoms with Crippen LogP contribution in [-0.4, -0.2) is 23.7 Å². The number of rotatable bonds is 1. The fourth-order valence-electron chi connectivity index (χ4n) is 1.08. The van der Waals surface area contributed by atoms with E-state index in [1.165, 1.54) is 0 Å². The van der Waals surface area contributed by atoms with Gasteiger partial charge >= 0.3 is 0 Å². The Balaban J connectivity index is 2.39. The Bertz CT molecular complexity index is 139. The molecular weight excluding hydrogens is 134 g/mol. The van der Waals surface area contributed by atoms with Crippen LogP contribution in [0.4, 0.5) is 0 Å². The molecular formula is C5H11N3O2. The van der Waals surface area contributed by atoms with Crippen LogP contribution in [0.5, 0.6) is 0 Å². The molecule has 0 saturated carbocycles. The second-order valence-corrected chi connectivity index (χ2v) is 2.54. The molecule has 10 heavy (non-hydrogen) atoms. The predicted molar refractivity (Wildman–Crippen MR) is 36.0 cm³/mol. The van der Waals surface area contributed by atoms with E-state index in [1.54, 1.807) is 0 Å². The average Bonchev–Trinajstić information content (AvgIpc) is 1.88. The van der Waals surface area contributed by atoms with Crippen molar-refractivity contribution in [3.8, 4) is 0 Å². The van der Waals surface area contributed by atoms with Gasteiger partial charge in [0.2, 0.25) is 0 Å². The third-order valence-corrected chi connectivity index (χ3v) is 1.68. The third-order valence-electron chi connectivity index (χ3n) is 1.68. The second kappa shape index (κ2) is 2.94. The lowest BCUT2D eigenvalue weighted by Crippen LogP contribution is -2.47. The molecule has 1 aliphatic rings. The summed E-state index contributed by atoms with van der Waals surface area (Å²) in [4.78, 5) is 9.87. The van der Waals surface area contributed by atoms with Crippen molar-refractivity contribution in [3.63, 3.8) is 0 Å². The standard InChI is InChI=1S/C5H11N3O2/c6-4-1-2-7-5(3-4)8(9)10/h4-5,7H,1-3,6H2. The molecule has 5 heteroatoms. The van der Waals surface area contributed by atoms with Gasteiger partial charge in [-0.3, -0.25) is 15.4 Å². The lowest BCUT2D eigenvalue weighted by Gasteiger charge is -2.21. The van der Waals surface area contributed by atoms with Gasteiger partial charge in [-0.15, -0.1) is 0 Å². The normalized spacial score (nSPS) is 33.7. The third kappa shape index (κ3) is 1.65. The molecule has 5 nitrogen and oxygen atoms in total. The van der Waals surface area contributed by atoms with E-state index in [0.717, 1.165) is 6.42 Å². The van der Waals surface area contributed by atoms with Gasteiger partial charge in [-0.05, 0) is 6.42 Å². The molecule has 2 atom stereocenters. The second-order valence-electron chi connectivity index (χ2n) is 2.54. The first-order valence-electron chi connectivity index (χ1n) is 3.32. The zero-order valence-corrected chi connectivity index (χ0v) is 5.62. The number of hydrogen-bond acceptors (Lipinski definition) is 4. The van der Waals surface area contributed by atoms with E-state index in [2.05, 4.69) is 5.32 Å². The van der Waals surface area contributed by atoms with E-state index in [9.17, 15) is 10.1 Å². The van der Waals surface area contributed by atoms with Crippen molar-refractivity contribution in [1.29, 1.82) is 0 Å². The van der Waals surface area contributed by atoms with E-state index < -0.39 is 6.17 Å². The molecule has 0 aromatic carbocycles. The van der Waals surface area contributed by atoms with Crippen LogP contribution in [0.25, 0.3) is 0 Å². The monoisotopic (exact) mass is 145 g/mol. The summed E-state index contributed by atoms with van der Waals surface area (Å²) in [6.07, 6.45) is 0.667. The molecule has 1 aliphatic heterocycles. The molecule has 2 unspecified atom stereocenters. The van der Waals surface area contributed by atoms with Crippen LogP contribution in [0.2, 0.25) is 0 Å². The Kier molecular flexibility index (Phi) is 2.18. The molecule has 0 bridgehead atoms. The molecule has 1 fully saturated rings. The SMILES string of the molecule is NC1CCNC([N+](=O)[O-])C1. The van der Waals surface area contributed by atoms with E-state index in [4.69, 9.17) is 5.73 Å². The van der Waals surface area contributed by atoms with Gasteiger partial charge in [0, 0.05) is 23.9 Å². The summed E-state index contributed by atoms with van der Waals surface area (Å²) in [5.41, 5.74) is 5.52. The maximum absolute atomic E-state index is 10.2. The molecule has 58 valence electrons. The smallest absolute Gasteiger partial charge is 0.267 e. The summed E-state index contributed by atoms with van der Waals surface area (Å²) in [7, 11) is 0. The van der Waals surface area contributed by atoms with Crippen molar-refractivity contribution >= 4 is 0 Å². The zero-order chi connectivity index (χ0) is 7.56. The van der Waals surface area contributed by atoms with E-state index in [1.807, 2.05) is 0 Å². The minimum atomic E-state index is -0.622. The van der Waals surface area contributed by atoms with Crippen molar-refractivity contribution in [2.24, 2.45) is 5.73 Å². The number of nitro groups is 1. The van der Waals surface area contributed by atoms with Gasteiger partial charge in [-0.2, -0.15) is 0 Å². The fraction of sp³-hybridized carbons (Fsp3) is 1.00. The van der Waals surface area contributed by atoms with Gasteiger partial charge in [-0.25, -0.2) is 0 Å². The van der Waals surface area contributed by atoms with Gasteiger partial charge in [-0.1, -0.05) is 0 Å². The highest BCUT2D eigenvalue weighted by Gasteiger charge is 2.26. The average molecular weight is 145 g/mol. The van der Waals surface area contributed by atoms with Crippen molar-refractivity contribution in [3.05, 3.63) is 10.1 Å². The Hall–Kier alpha value is -0.680. The first-order chi connectivity index (χ1) is 4.70. The Morgan fingerprint density at radius 3 is 2.80 bits per heavy atom. The lowest BCUT2D eigenvalue weighted by molar-refractivity contribution is -0.532. The van der Waals surface area contributed by atoms with Gasteiger partial charge in [0.15, 0.2) is 0 Å². The molecule has 0 aliphatic carbocycles. The van der Waals surface area contributed by atoms with Crippen molar-refractivity contribution in [2.75, 3.05) is 6.54 Å². The number of nitrogens with one attached hydrogen (secondary N) is 1. The molecule has 0 radical (unpaired) electrons. The Morgan fingerprint density at radius 1 is 1.70 bits per heavy atom. The summed E-state index contributed by atoms with van der Waals surface area (Å²) in [6.45, 7) is 0.660. The molecule has 1 rings (SSSR count). The van der Waals surface area contributed by atoms with Crippen molar-refractivity contribution < 1.29 is 4.92 Å². The summed E-state index contributed by atoms with van der Waals surface area (Å²) in [6, 6.07) is -0.00310. The Morgan fingerprint density at radius 2 is 2.40 bits per heavy atom. The molecule has 1 saturated heterocycles. The number of nitrogens with two attached hydrogens (primary N) is 1. The molecule has 0 amide bonds. The quantitative estimate of drug-likeness (QED) is 0.377. The van der Waals surface area contributed by atoms with Crippen LogP contribution in [0.15, 0.2) is 0 Å². The molecule has 1 heterocycles. The van der Waals surface area contributed by atoms with Crippen LogP contribution in [0.1, 0.15) is 12.8 Å². The summed E-state index contributed by atoms with van der Waals surface area (Å²) in [5.74, 6) is 0. The Labute approximate surface area is 58.7 Å². The topological polar surface area (TPSA) is 81.2 Å². The van der Waals surface area contributed by atoms with Gasteiger partial charge in [0.05, 0.1) is 0 Å². The maximum Gasteiger partial charge on any atom is 0.267 e. The first-order valence-corrected chi connectivity index (χ1v) is 3.32. The molecule has 0 aromatic heterocycles. The van der Waals surface area contributed by atoms with Crippen LogP contribution in [-0.2, 0) is 0 Å². The number of nitrogens with zero attached hydrogens (tertiary/aromatic N) is 1. The maximum atomic E-state index is 10.2. The summed E-state index contributed by atoms with van der Waals surface area (Å²) < 4.78 is 0. The van der Waals surface area contributed by atoms with Crippen LogP contribution in [0, 0.1) is 10.1 Å². The summed E-state index contributed by atoms with van der Waals surface area (Å²) in [5, 5.41) is 13.0. The van der Waals surface area contributed by atoms with Gasteiger partial charge in [0.25, 0.3) is 6.17 Å². The van der Waals surface area contributed by atoms with Gasteiger partial charge < -0.3 is 5.73 Å². The fourth-order valence-corrected chi connectivity index (χ4v) is 1.08. The molecule has 3 N–H and O–H groups in total. The van der Waals surface area contributed by atoms with Crippen LogP contribution in [0.3, 0.4) is 0 Å². The van der Waals surface area contributed by atoms with Gasteiger partial charge in [0.1, 0.15) is 0 Å². The summed E-state index contributed by atoms with van der Waals surface area (Å²) >= 11 is 0. The van der Waals surface area contributed by atoms with Crippen LogP contribution >= 0.6 is 0 Å². The first kappa shape index (κ1) is 7.43. The van der Waals surface area contributed by atoms with Crippen molar-refractivity contribution in [1.82, 2.24) is 5.32 Å². The highest BCUT2D eigenvalue weighted by Crippen LogP contribution is 2.05. The van der Waals surface area contributed by atoms with E-state index in [0.29, 0.717) is 13.0 Å². The largest absolute Gasteiger partial charge is 0.327 e. The highest BCUT2D eigenvalue weighted by atomic mass is 16.6. The highest BCUT2D eigenvalue weighted by molar-refractivity contribution is 4.73. The van der Waals surface area contributed by atoms with E-state index in [-0.39, 0.29) is 11.0 Å². The zero-order valence-electron chi connectivity index (χ0n) is 5.62. The minimum absolute atomic E-state index is 0.00310. The van der Waals surface area contributed by atoms with E-state index >= 15 is 0 Å². The molecule has 0 spiro atoms. The van der Waals surface area contributed by atoms with Crippen molar-refractivity contribution in [2.45, 2.75) is 25.0 Å². The molecule has 0 aromatic rings. The number of hydrogen-bond donors (Lipinski definition) is 2. The minimum Gasteiger partial charge on any atom is -0.327 e. The van der Waals surface area contributed by atoms with Crippen LogP contribution < -0.4 is 11.1 Å². The number of piperidine rings is 1. The lowest BCUT2D eigenvalue weighted by atomic mass is 10.1.